The Morgan fingerprint density at radius 3 is 2.65 bits per heavy atom. The smallest absolute Gasteiger partial charge is 0.294 e. The minimum Gasteiger partial charge on any atom is -0.365 e. The minimum atomic E-state index is -0.393. The first-order chi connectivity index (χ1) is 8.09. The van der Waals surface area contributed by atoms with Crippen LogP contribution >= 0.6 is 11.6 Å². The summed E-state index contributed by atoms with van der Waals surface area (Å²) in [7, 11) is 0. The van der Waals surface area contributed by atoms with E-state index in [2.05, 4.69) is 0 Å². The molecule has 1 saturated heterocycles. The molecule has 2 N–H and O–H groups in total. The molecule has 0 radical (unpaired) electrons. The highest BCUT2D eigenvalue weighted by atomic mass is 35.5. The number of nitro groups is 1. The van der Waals surface area contributed by atoms with Gasteiger partial charge in [0.1, 0.15) is 5.69 Å². The lowest BCUT2D eigenvalue weighted by Crippen LogP contribution is -2.40. The Hall–Kier alpha value is -1.33. The second kappa shape index (κ2) is 4.89. The largest absolute Gasteiger partial charge is 0.365 e. The van der Waals surface area contributed by atoms with Gasteiger partial charge in [0.05, 0.1) is 9.95 Å². The fourth-order valence-corrected chi connectivity index (χ4v) is 2.38. The second-order valence-electron chi connectivity index (χ2n) is 4.19. The summed E-state index contributed by atoms with van der Waals surface area (Å²) in [6.07, 6.45) is 1.67. The molecule has 1 aliphatic heterocycles. The highest BCUT2D eigenvalue weighted by Crippen LogP contribution is 2.36. The third-order valence-electron chi connectivity index (χ3n) is 3.02. The first kappa shape index (κ1) is 12.1. The van der Waals surface area contributed by atoms with Gasteiger partial charge in [0.25, 0.3) is 5.69 Å². The maximum atomic E-state index is 11.0. The molecule has 0 amide bonds. The van der Waals surface area contributed by atoms with Crippen molar-refractivity contribution in [2.45, 2.75) is 18.9 Å². The van der Waals surface area contributed by atoms with Gasteiger partial charge in [-0.05, 0) is 18.9 Å². The highest BCUT2D eigenvalue weighted by molar-refractivity contribution is 6.33. The third kappa shape index (κ3) is 2.50. The summed E-state index contributed by atoms with van der Waals surface area (Å²) in [6.45, 7) is 1.43. The number of hydrogen-bond acceptors (Lipinski definition) is 4. The number of piperidine rings is 1. The Bertz CT molecular complexity index is 431. The van der Waals surface area contributed by atoms with Gasteiger partial charge in [0.2, 0.25) is 0 Å². The normalized spacial score (nSPS) is 17.2. The molecule has 0 unspecified atom stereocenters. The number of anilines is 1. The zero-order chi connectivity index (χ0) is 12.4. The van der Waals surface area contributed by atoms with E-state index in [-0.39, 0.29) is 11.7 Å². The van der Waals surface area contributed by atoms with Crippen LogP contribution in [0.5, 0.6) is 0 Å². The summed E-state index contributed by atoms with van der Waals surface area (Å²) >= 11 is 6.07. The average Bonchev–Trinajstić information content (AvgIpc) is 2.30. The molecular formula is C11H14ClN3O2. The van der Waals surface area contributed by atoms with Crippen molar-refractivity contribution in [3.05, 3.63) is 33.3 Å². The van der Waals surface area contributed by atoms with Crippen molar-refractivity contribution in [2.75, 3.05) is 18.0 Å². The van der Waals surface area contributed by atoms with Crippen LogP contribution in [0.3, 0.4) is 0 Å². The fourth-order valence-electron chi connectivity index (χ4n) is 2.09. The average molecular weight is 256 g/mol. The van der Waals surface area contributed by atoms with Crippen LogP contribution < -0.4 is 10.6 Å². The lowest BCUT2D eigenvalue weighted by molar-refractivity contribution is -0.384. The number of nitro benzene ring substituents is 1. The minimum absolute atomic E-state index is 0.0629. The van der Waals surface area contributed by atoms with Gasteiger partial charge in [-0.15, -0.1) is 0 Å². The first-order valence-electron chi connectivity index (χ1n) is 5.53. The van der Waals surface area contributed by atoms with Crippen LogP contribution in [0.25, 0.3) is 0 Å². The van der Waals surface area contributed by atoms with Crippen molar-refractivity contribution >= 4 is 23.0 Å². The predicted octanol–water partition coefficient (Wildman–Crippen LogP) is 2.18. The van der Waals surface area contributed by atoms with Gasteiger partial charge in [-0.2, -0.15) is 0 Å². The van der Waals surface area contributed by atoms with Gasteiger partial charge in [-0.1, -0.05) is 17.7 Å². The van der Waals surface area contributed by atoms with Crippen LogP contribution in [0.2, 0.25) is 5.02 Å². The van der Waals surface area contributed by atoms with E-state index >= 15 is 0 Å². The van der Waals surface area contributed by atoms with Crippen LogP contribution in [0.15, 0.2) is 18.2 Å². The molecule has 1 aromatic carbocycles. The fraction of sp³-hybridized carbons (Fsp3) is 0.455. The molecule has 0 aromatic heterocycles. The van der Waals surface area contributed by atoms with Crippen molar-refractivity contribution in [1.82, 2.24) is 0 Å². The van der Waals surface area contributed by atoms with E-state index in [1.807, 2.05) is 4.90 Å². The summed E-state index contributed by atoms with van der Waals surface area (Å²) < 4.78 is 0. The van der Waals surface area contributed by atoms with Gasteiger partial charge >= 0.3 is 0 Å². The quantitative estimate of drug-likeness (QED) is 0.649. The van der Waals surface area contributed by atoms with E-state index < -0.39 is 4.92 Å². The summed E-state index contributed by atoms with van der Waals surface area (Å²) in [5.41, 5.74) is 6.40. The number of hydrogen-bond donors (Lipinski definition) is 1. The van der Waals surface area contributed by atoms with E-state index in [0.29, 0.717) is 23.8 Å². The van der Waals surface area contributed by atoms with E-state index in [1.54, 1.807) is 12.1 Å². The predicted molar refractivity (Wildman–Crippen MR) is 67.5 cm³/mol. The third-order valence-corrected chi connectivity index (χ3v) is 3.32. The van der Waals surface area contributed by atoms with Crippen LogP contribution in [0.4, 0.5) is 11.4 Å². The molecule has 17 heavy (non-hydrogen) atoms. The topological polar surface area (TPSA) is 72.4 Å². The van der Waals surface area contributed by atoms with Gasteiger partial charge in [0.15, 0.2) is 0 Å². The molecule has 0 saturated carbocycles. The standard InChI is InChI=1S/C11H14ClN3O2/c12-9-2-1-3-10(15(16)17)11(9)14-6-4-8(13)5-7-14/h1-3,8H,4-7,13H2. The molecule has 1 aliphatic rings. The zero-order valence-electron chi connectivity index (χ0n) is 9.30. The summed E-state index contributed by atoms with van der Waals surface area (Å²) in [6, 6.07) is 4.95. The molecule has 6 heteroatoms. The Labute approximate surface area is 104 Å². The Kier molecular flexibility index (Phi) is 3.49. The molecule has 1 fully saturated rings. The summed E-state index contributed by atoms with van der Waals surface area (Å²) in [5.74, 6) is 0. The molecule has 0 bridgehead atoms. The molecule has 1 heterocycles. The molecule has 0 aliphatic carbocycles. The van der Waals surface area contributed by atoms with E-state index in [1.165, 1.54) is 6.07 Å². The van der Waals surface area contributed by atoms with Crippen LogP contribution in [-0.2, 0) is 0 Å². The molecule has 2 rings (SSSR count). The van der Waals surface area contributed by atoms with Gasteiger partial charge < -0.3 is 10.6 Å². The molecule has 92 valence electrons. The van der Waals surface area contributed by atoms with E-state index in [0.717, 1.165) is 12.8 Å². The van der Waals surface area contributed by atoms with Gasteiger partial charge in [0, 0.05) is 25.2 Å². The maximum absolute atomic E-state index is 11.0. The highest BCUT2D eigenvalue weighted by Gasteiger charge is 2.25. The van der Waals surface area contributed by atoms with E-state index in [9.17, 15) is 10.1 Å². The Morgan fingerprint density at radius 2 is 2.06 bits per heavy atom. The lowest BCUT2D eigenvalue weighted by atomic mass is 10.1. The molecular weight excluding hydrogens is 242 g/mol. The number of benzene rings is 1. The van der Waals surface area contributed by atoms with Crippen LogP contribution in [0, 0.1) is 10.1 Å². The van der Waals surface area contributed by atoms with E-state index in [4.69, 9.17) is 17.3 Å². The van der Waals surface area contributed by atoms with Crippen molar-refractivity contribution in [2.24, 2.45) is 5.73 Å². The summed E-state index contributed by atoms with van der Waals surface area (Å²) in [4.78, 5) is 12.5. The van der Waals surface area contributed by atoms with Crippen molar-refractivity contribution in [3.63, 3.8) is 0 Å². The van der Waals surface area contributed by atoms with Gasteiger partial charge in [-0.25, -0.2) is 0 Å². The van der Waals surface area contributed by atoms with Crippen molar-refractivity contribution in [3.8, 4) is 0 Å². The van der Waals surface area contributed by atoms with Gasteiger partial charge in [-0.3, -0.25) is 10.1 Å². The monoisotopic (exact) mass is 255 g/mol. The summed E-state index contributed by atoms with van der Waals surface area (Å²) in [5, 5.41) is 11.4. The maximum Gasteiger partial charge on any atom is 0.294 e. The Morgan fingerprint density at radius 1 is 1.41 bits per heavy atom. The molecule has 0 spiro atoms. The number of rotatable bonds is 2. The Balaban J connectivity index is 2.33. The van der Waals surface area contributed by atoms with Crippen LogP contribution in [0.1, 0.15) is 12.8 Å². The first-order valence-corrected chi connectivity index (χ1v) is 5.91. The lowest BCUT2D eigenvalue weighted by Gasteiger charge is -2.32. The van der Waals surface area contributed by atoms with Crippen LogP contribution in [-0.4, -0.2) is 24.1 Å². The zero-order valence-corrected chi connectivity index (χ0v) is 10.1. The number of halogens is 1. The molecule has 5 nitrogen and oxygen atoms in total. The number of nitrogens with two attached hydrogens (primary N) is 1. The second-order valence-corrected chi connectivity index (χ2v) is 4.60. The number of para-hydroxylation sites is 1. The van der Waals surface area contributed by atoms with Crippen molar-refractivity contribution < 1.29 is 4.92 Å². The van der Waals surface area contributed by atoms with Crippen molar-refractivity contribution in [1.29, 1.82) is 0 Å². The SMILES string of the molecule is NC1CCN(c2c(Cl)cccc2[N+](=O)[O-])CC1. The molecule has 0 atom stereocenters. The number of nitrogens with zero attached hydrogens (tertiary/aromatic N) is 2. The molecule has 1 aromatic rings.